The number of fused-ring (bicyclic) bond motifs is 1. The molecule has 0 amide bonds. The maximum Gasteiger partial charge on any atom is 0.342 e. The summed E-state index contributed by atoms with van der Waals surface area (Å²) in [7, 11) is 0.346. The molecule has 336 valence electrons. The summed E-state index contributed by atoms with van der Waals surface area (Å²) in [5, 5.41) is -0.0138. The van der Waals surface area contributed by atoms with Crippen molar-refractivity contribution in [3.05, 3.63) is 65.2 Å². The molecule has 2 aromatic rings. The molecule has 2 aromatic carbocycles. The molecule has 60 heavy (non-hydrogen) atoms. The molecule has 1 aliphatic heterocycles. The van der Waals surface area contributed by atoms with Crippen LogP contribution in [0.5, 0.6) is 17.2 Å². The average molecular weight is 865 g/mol. The number of hydrogen-bond donors (Lipinski definition) is 0. The van der Waals surface area contributed by atoms with Crippen LogP contribution in [0, 0.1) is 29.6 Å². The molecule has 10 heteroatoms. The lowest BCUT2D eigenvalue weighted by molar-refractivity contribution is -0.0218. The number of methoxy groups -OCH3 is 3. The Bertz CT molecular complexity index is 1710. The number of carbonyl (C=O) groups excluding carboxylic acids is 1. The number of benzene rings is 2. The SMILES string of the molecule is COc1ccc(COC/C=C\C[C@@H](C)[C@@H](O[Si](C)(C)C(C)(C)C)[C@H](C)[C@@H]2CC#CC[C@H](C)[C@H](O[Si](C(C)C)(C(C)C)C(C)C)Cc3cc(OC)cc(OC)c3C(=O)O2)cc1. The van der Waals surface area contributed by atoms with E-state index in [4.69, 9.17) is 32.5 Å². The summed E-state index contributed by atoms with van der Waals surface area (Å²) in [4.78, 5) is 14.8. The van der Waals surface area contributed by atoms with Crippen molar-refractivity contribution in [1.29, 1.82) is 0 Å². The molecule has 0 saturated carbocycles. The fourth-order valence-electron chi connectivity index (χ4n) is 8.58. The van der Waals surface area contributed by atoms with Gasteiger partial charge in [0, 0.05) is 24.8 Å². The Morgan fingerprint density at radius 3 is 1.98 bits per heavy atom. The molecule has 0 unspecified atom stereocenters. The first-order chi connectivity index (χ1) is 28.1. The van der Waals surface area contributed by atoms with E-state index in [9.17, 15) is 4.79 Å². The summed E-state index contributed by atoms with van der Waals surface area (Å²) in [6.45, 7) is 32.9. The normalized spacial score (nSPS) is 19.8. The molecule has 0 aromatic heterocycles. The van der Waals surface area contributed by atoms with Gasteiger partial charge in [-0.1, -0.05) is 113 Å². The number of hydrogen-bond acceptors (Lipinski definition) is 8. The highest BCUT2D eigenvalue weighted by Gasteiger charge is 2.48. The van der Waals surface area contributed by atoms with Gasteiger partial charge in [-0.15, -0.1) is 5.92 Å². The predicted molar refractivity (Wildman–Crippen MR) is 251 cm³/mol. The number of rotatable bonds is 19. The standard InChI is InChI=1S/C50H80O8Si2/c1-34(2)60(35(3)4,36(5)6)57-45-31-41-30-43(53-14)32-46(54-15)47(41)49(51)56-44(24-19-18-22-37(45)7)39(9)48(58-59(16,17)50(10,11)12)38(8)23-20-21-29-55-33-40-25-27-42(52-13)28-26-40/h20-21,25-28,30,32,34-39,44-45,48H,22-24,29,31,33H2,1-17H3/b21-20-/t37-,38+,39+,44-,45+,48+/m0/s1. The van der Waals surface area contributed by atoms with E-state index in [0.717, 1.165) is 23.3 Å². The fraction of sp³-hybridized carbons (Fsp3) is 0.660. The molecular weight excluding hydrogens is 785 g/mol. The molecule has 0 spiro atoms. The summed E-state index contributed by atoms with van der Waals surface area (Å²) >= 11 is 0. The van der Waals surface area contributed by atoms with Crippen LogP contribution in [0.1, 0.15) is 124 Å². The van der Waals surface area contributed by atoms with Crippen molar-refractivity contribution in [3.8, 4) is 29.1 Å². The molecule has 0 fully saturated rings. The quantitative estimate of drug-likeness (QED) is 0.0454. The van der Waals surface area contributed by atoms with Crippen molar-refractivity contribution in [1.82, 2.24) is 0 Å². The number of cyclic esters (lactones) is 1. The molecule has 3 rings (SSSR count). The summed E-state index contributed by atoms with van der Waals surface area (Å²) in [5.74, 6) is 8.52. The lowest BCUT2D eigenvalue weighted by Crippen LogP contribution is -2.51. The minimum Gasteiger partial charge on any atom is -0.497 e. The Morgan fingerprint density at radius 2 is 1.43 bits per heavy atom. The van der Waals surface area contributed by atoms with Gasteiger partial charge in [0.15, 0.2) is 8.32 Å². The number of ether oxygens (including phenoxy) is 5. The second-order valence-corrected chi connectivity index (χ2v) is 29.6. The van der Waals surface area contributed by atoms with Crippen molar-refractivity contribution in [3.63, 3.8) is 0 Å². The van der Waals surface area contributed by atoms with Gasteiger partial charge in [0.2, 0.25) is 8.32 Å². The molecule has 8 nitrogen and oxygen atoms in total. The van der Waals surface area contributed by atoms with Crippen LogP contribution in [0.4, 0.5) is 0 Å². The van der Waals surface area contributed by atoms with Crippen LogP contribution in [-0.2, 0) is 31.4 Å². The first-order valence-corrected chi connectivity index (χ1v) is 27.3. The molecule has 0 saturated heterocycles. The molecule has 1 heterocycles. The van der Waals surface area contributed by atoms with E-state index >= 15 is 0 Å². The summed E-state index contributed by atoms with van der Waals surface area (Å²) in [6, 6.07) is 11.7. The third kappa shape index (κ3) is 13.2. The van der Waals surface area contributed by atoms with Crippen molar-refractivity contribution in [2.45, 2.75) is 168 Å². The van der Waals surface area contributed by atoms with Crippen molar-refractivity contribution < 1.29 is 37.3 Å². The number of allylic oxidation sites excluding steroid dienone is 1. The van der Waals surface area contributed by atoms with Crippen LogP contribution in [0.3, 0.4) is 0 Å². The molecule has 0 bridgehead atoms. The van der Waals surface area contributed by atoms with Crippen molar-refractivity contribution in [2.75, 3.05) is 27.9 Å². The van der Waals surface area contributed by atoms with Crippen molar-refractivity contribution in [2.24, 2.45) is 17.8 Å². The van der Waals surface area contributed by atoms with Crippen LogP contribution in [0.25, 0.3) is 0 Å². The first kappa shape index (κ1) is 51.3. The lowest BCUT2D eigenvalue weighted by atomic mass is 9.86. The molecule has 6 atom stereocenters. The van der Waals surface area contributed by atoms with Gasteiger partial charge in [-0.3, -0.25) is 0 Å². The van der Waals surface area contributed by atoms with E-state index in [2.05, 4.69) is 120 Å². The van der Waals surface area contributed by atoms with Crippen LogP contribution in [0.15, 0.2) is 48.6 Å². The van der Waals surface area contributed by atoms with Crippen LogP contribution < -0.4 is 14.2 Å². The van der Waals surface area contributed by atoms with Crippen LogP contribution in [-0.4, -0.2) is 68.9 Å². The van der Waals surface area contributed by atoms with Gasteiger partial charge in [0.1, 0.15) is 28.9 Å². The maximum absolute atomic E-state index is 14.8. The van der Waals surface area contributed by atoms with Gasteiger partial charge in [-0.2, -0.15) is 0 Å². The Morgan fingerprint density at radius 1 is 0.833 bits per heavy atom. The van der Waals surface area contributed by atoms with Crippen molar-refractivity contribution >= 4 is 22.6 Å². The smallest absolute Gasteiger partial charge is 0.342 e. The number of carbonyl (C=O) groups is 1. The third-order valence-corrected chi connectivity index (χ3v) is 23.9. The minimum atomic E-state index is -2.30. The zero-order chi connectivity index (χ0) is 45.0. The van der Waals surface area contributed by atoms with Gasteiger partial charge in [0.25, 0.3) is 0 Å². The second kappa shape index (κ2) is 22.9. The highest BCUT2D eigenvalue weighted by Crippen LogP contribution is 2.45. The zero-order valence-electron chi connectivity index (χ0n) is 40.3. The van der Waals surface area contributed by atoms with E-state index in [1.165, 1.54) is 0 Å². The monoisotopic (exact) mass is 865 g/mol. The molecule has 0 aliphatic carbocycles. The third-order valence-electron chi connectivity index (χ3n) is 13.3. The molecule has 0 N–H and O–H groups in total. The van der Waals surface area contributed by atoms with Gasteiger partial charge < -0.3 is 32.5 Å². The van der Waals surface area contributed by atoms with E-state index in [0.29, 0.717) is 66.2 Å². The van der Waals surface area contributed by atoms with E-state index in [1.807, 2.05) is 30.3 Å². The van der Waals surface area contributed by atoms with E-state index in [-0.39, 0.29) is 35.0 Å². The van der Waals surface area contributed by atoms with E-state index in [1.54, 1.807) is 27.4 Å². The Balaban J connectivity index is 2.02. The van der Waals surface area contributed by atoms with Gasteiger partial charge in [-0.05, 0) is 88.8 Å². The van der Waals surface area contributed by atoms with E-state index < -0.39 is 28.7 Å². The fourth-order valence-corrected chi connectivity index (χ4v) is 15.7. The largest absolute Gasteiger partial charge is 0.497 e. The van der Waals surface area contributed by atoms with Gasteiger partial charge in [0.05, 0.1) is 46.8 Å². The molecular formula is C50H80O8Si2. The molecule has 1 aliphatic rings. The van der Waals surface area contributed by atoms with Gasteiger partial charge in [-0.25, -0.2) is 4.79 Å². The Labute approximate surface area is 367 Å². The highest BCUT2D eigenvalue weighted by molar-refractivity contribution is 6.77. The predicted octanol–water partition coefficient (Wildman–Crippen LogP) is 12.6. The Hall–Kier alpha value is -3.08. The topological polar surface area (TPSA) is 81.7 Å². The second-order valence-electron chi connectivity index (χ2n) is 19.5. The summed E-state index contributed by atoms with van der Waals surface area (Å²) in [5.41, 5.74) is 3.53. The lowest BCUT2D eigenvalue weighted by Gasteiger charge is -2.46. The average Bonchev–Trinajstić information content (AvgIpc) is 3.18. The summed E-state index contributed by atoms with van der Waals surface area (Å²) < 4.78 is 44.4. The Kier molecular flexibility index (Phi) is 19.5. The van der Waals surface area contributed by atoms with Crippen LogP contribution in [0.2, 0.25) is 34.8 Å². The molecule has 0 radical (unpaired) electrons. The zero-order valence-corrected chi connectivity index (χ0v) is 42.3. The minimum absolute atomic E-state index is 0.0138. The summed E-state index contributed by atoms with van der Waals surface area (Å²) in [6.07, 6.45) is 5.73. The first-order valence-electron chi connectivity index (χ1n) is 22.3. The van der Waals surface area contributed by atoms with Crippen LogP contribution >= 0.6 is 0 Å². The maximum atomic E-state index is 14.8. The van der Waals surface area contributed by atoms with Gasteiger partial charge >= 0.3 is 5.97 Å². The number of esters is 1. The highest BCUT2D eigenvalue weighted by atomic mass is 28.4.